The Morgan fingerprint density at radius 1 is 1.55 bits per heavy atom. The molecule has 9 nitrogen and oxygen atoms in total. The summed E-state index contributed by atoms with van der Waals surface area (Å²) < 4.78 is 39.1. The second kappa shape index (κ2) is 5.46. The van der Waals surface area contributed by atoms with Crippen molar-refractivity contribution in [1.29, 1.82) is 0 Å². The molecule has 2 rings (SSSR count). The van der Waals surface area contributed by atoms with Crippen LogP contribution in [0.4, 0.5) is 24.7 Å². The van der Waals surface area contributed by atoms with E-state index in [-0.39, 0.29) is 5.69 Å². The van der Waals surface area contributed by atoms with E-state index in [0.717, 1.165) is 10.7 Å². The van der Waals surface area contributed by atoms with Crippen LogP contribution in [-0.2, 0) is 17.5 Å². The normalized spacial score (nSPS) is 11.5. The van der Waals surface area contributed by atoms with E-state index >= 15 is 0 Å². The van der Waals surface area contributed by atoms with E-state index in [1.54, 1.807) is 0 Å². The van der Waals surface area contributed by atoms with Crippen molar-refractivity contribution < 1.29 is 22.9 Å². The summed E-state index contributed by atoms with van der Waals surface area (Å²) in [7, 11) is 0. The number of nitrogens with one attached hydrogen (secondary N) is 2. The van der Waals surface area contributed by atoms with Crippen LogP contribution in [0.3, 0.4) is 0 Å². The number of alkyl halides is 3. The van der Waals surface area contributed by atoms with Crippen molar-refractivity contribution in [2.24, 2.45) is 0 Å². The van der Waals surface area contributed by atoms with Gasteiger partial charge in [-0.1, -0.05) is 0 Å². The van der Waals surface area contributed by atoms with Gasteiger partial charge in [-0.15, -0.1) is 0 Å². The molecule has 0 saturated carbocycles. The summed E-state index contributed by atoms with van der Waals surface area (Å²) in [5.41, 5.74) is -1.70. The van der Waals surface area contributed by atoms with E-state index in [4.69, 9.17) is 0 Å². The molecular formula is C10H9F3N6O3. The maximum Gasteiger partial charge on any atom is 0.437 e. The van der Waals surface area contributed by atoms with Gasteiger partial charge in [0.2, 0.25) is 5.91 Å². The Balaban J connectivity index is 2.12. The van der Waals surface area contributed by atoms with Crippen LogP contribution >= 0.6 is 0 Å². The second-order valence-electron chi connectivity index (χ2n) is 4.25. The standard InChI is InChI=1S/C10H9F3N6O3/c1-5-8(9(16-15-5)10(11,12)13)14-7(20)4-18-3-2-6(17-18)19(21)22/h2-3H,4H2,1H3,(H,14,20)(H,15,16). The number of aromatic nitrogens is 4. The van der Waals surface area contributed by atoms with E-state index in [1.165, 1.54) is 13.1 Å². The van der Waals surface area contributed by atoms with Crippen LogP contribution in [0.2, 0.25) is 0 Å². The van der Waals surface area contributed by atoms with Crippen LogP contribution in [0.1, 0.15) is 11.4 Å². The van der Waals surface area contributed by atoms with Crippen LogP contribution in [0.25, 0.3) is 0 Å². The Morgan fingerprint density at radius 2 is 2.23 bits per heavy atom. The fraction of sp³-hybridized carbons (Fsp3) is 0.300. The number of halogens is 3. The summed E-state index contributed by atoms with van der Waals surface area (Å²) in [6.45, 7) is 0.840. The van der Waals surface area contributed by atoms with Crippen molar-refractivity contribution in [3.8, 4) is 0 Å². The van der Waals surface area contributed by atoms with Gasteiger partial charge in [-0.25, -0.2) is 0 Å². The predicted molar refractivity (Wildman–Crippen MR) is 65.8 cm³/mol. The highest BCUT2D eigenvalue weighted by atomic mass is 19.4. The smallest absolute Gasteiger partial charge is 0.358 e. The molecule has 0 bridgehead atoms. The number of anilines is 1. The average Bonchev–Trinajstić information content (AvgIpc) is 2.97. The Bertz CT molecular complexity index is 720. The Morgan fingerprint density at radius 3 is 2.77 bits per heavy atom. The lowest BCUT2D eigenvalue weighted by molar-refractivity contribution is -0.389. The van der Waals surface area contributed by atoms with Gasteiger partial charge in [0.05, 0.1) is 28.7 Å². The van der Waals surface area contributed by atoms with Crippen LogP contribution in [0, 0.1) is 17.0 Å². The molecule has 2 aromatic rings. The number of aromatic amines is 1. The number of H-pyrrole nitrogens is 1. The molecular weight excluding hydrogens is 309 g/mol. The van der Waals surface area contributed by atoms with Gasteiger partial charge in [-0.05, 0) is 11.8 Å². The molecule has 0 atom stereocenters. The molecule has 0 unspecified atom stereocenters. The quantitative estimate of drug-likeness (QED) is 0.653. The topological polar surface area (TPSA) is 119 Å². The maximum absolute atomic E-state index is 12.7. The van der Waals surface area contributed by atoms with E-state index in [1.807, 2.05) is 0 Å². The van der Waals surface area contributed by atoms with Gasteiger partial charge in [0.1, 0.15) is 6.54 Å². The number of nitrogens with zero attached hydrogens (tertiary/aromatic N) is 4. The molecule has 2 heterocycles. The van der Waals surface area contributed by atoms with Crippen LogP contribution in [0.15, 0.2) is 12.3 Å². The third-order valence-electron chi connectivity index (χ3n) is 2.60. The summed E-state index contributed by atoms with van der Waals surface area (Å²) in [4.78, 5) is 21.4. The first kappa shape index (κ1) is 15.5. The lowest BCUT2D eigenvalue weighted by Crippen LogP contribution is -2.21. The Kier molecular flexibility index (Phi) is 3.84. The van der Waals surface area contributed by atoms with Crippen LogP contribution in [-0.4, -0.2) is 30.8 Å². The van der Waals surface area contributed by atoms with Gasteiger partial charge in [-0.3, -0.25) is 9.89 Å². The summed E-state index contributed by atoms with van der Waals surface area (Å²) in [5.74, 6) is -1.30. The molecule has 0 radical (unpaired) electrons. The second-order valence-corrected chi connectivity index (χ2v) is 4.25. The zero-order chi connectivity index (χ0) is 16.5. The fourth-order valence-electron chi connectivity index (χ4n) is 1.65. The monoisotopic (exact) mass is 318 g/mol. The fourth-order valence-corrected chi connectivity index (χ4v) is 1.65. The van der Waals surface area contributed by atoms with Crippen molar-refractivity contribution in [3.63, 3.8) is 0 Å². The maximum atomic E-state index is 12.7. The van der Waals surface area contributed by atoms with Crippen molar-refractivity contribution in [2.45, 2.75) is 19.6 Å². The summed E-state index contributed by atoms with van der Waals surface area (Å²) in [6.07, 6.45) is -3.55. The van der Waals surface area contributed by atoms with Gasteiger partial charge in [-0.2, -0.15) is 23.0 Å². The minimum absolute atomic E-state index is 0.0344. The number of rotatable bonds is 4. The first-order valence-corrected chi connectivity index (χ1v) is 5.78. The van der Waals surface area contributed by atoms with E-state index in [2.05, 4.69) is 20.6 Å². The molecule has 1 amide bonds. The van der Waals surface area contributed by atoms with Crippen molar-refractivity contribution in [3.05, 3.63) is 33.8 Å². The number of amides is 1. The molecule has 2 N–H and O–H groups in total. The van der Waals surface area contributed by atoms with Gasteiger partial charge >= 0.3 is 12.0 Å². The van der Waals surface area contributed by atoms with Crippen LogP contribution < -0.4 is 5.32 Å². The molecule has 0 aromatic carbocycles. The molecule has 2 aromatic heterocycles. The predicted octanol–water partition coefficient (Wildman–Crippen LogP) is 1.48. The van der Waals surface area contributed by atoms with Crippen molar-refractivity contribution in [1.82, 2.24) is 20.0 Å². The molecule has 0 aliphatic carbocycles. The van der Waals surface area contributed by atoms with Gasteiger partial charge in [0, 0.05) is 0 Å². The van der Waals surface area contributed by atoms with Gasteiger partial charge < -0.3 is 15.4 Å². The zero-order valence-corrected chi connectivity index (χ0v) is 11.0. The lowest BCUT2D eigenvalue weighted by Gasteiger charge is -2.08. The first-order chi connectivity index (χ1) is 10.2. The molecule has 0 aliphatic rings. The first-order valence-electron chi connectivity index (χ1n) is 5.78. The number of nitro groups is 1. The third kappa shape index (κ3) is 3.21. The number of carbonyl (C=O) groups is 1. The Hall–Kier alpha value is -2.92. The zero-order valence-electron chi connectivity index (χ0n) is 11.0. The minimum Gasteiger partial charge on any atom is -0.358 e. The number of hydrogen-bond donors (Lipinski definition) is 2. The van der Waals surface area contributed by atoms with E-state index < -0.39 is 40.8 Å². The molecule has 0 spiro atoms. The highest BCUT2D eigenvalue weighted by Gasteiger charge is 2.38. The number of carbonyl (C=O) groups excluding carboxylic acids is 1. The Labute approximate surface area is 120 Å². The SMILES string of the molecule is Cc1[nH]nc(C(F)(F)F)c1NC(=O)Cn1ccc([N+](=O)[O-])n1. The highest BCUT2D eigenvalue weighted by Crippen LogP contribution is 2.34. The van der Waals surface area contributed by atoms with Gasteiger partial charge in [0.15, 0.2) is 5.69 Å². The average molecular weight is 318 g/mol. The highest BCUT2D eigenvalue weighted by molar-refractivity contribution is 5.91. The molecule has 22 heavy (non-hydrogen) atoms. The summed E-state index contributed by atoms with van der Waals surface area (Å²) in [6, 6.07) is 1.07. The molecule has 0 aliphatic heterocycles. The molecule has 12 heteroatoms. The van der Waals surface area contributed by atoms with Gasteiger partial charge in [0.25, 0.3) is 0 Å². The summed E-state index contributed by atoms with van der Waals surface area (Å²) >= 11 is 0. The van der Waals surface area contributed by atoms with Crippen molar-refractivity contribution in [2.75, 3.05) is 5.32 Å². The third-order valence-corrected chi connectivity index (χ3v) is 2.60. The molecule has 118 valence electrons. The largest absolute Gasteiger partial charge is 0.437 e. The lowest BCUT2D eigenvalue weighted by atomic mass is 10.3. The van der Waals surface area contributed by atoms with E-state index in [9.17, 15) is 28.1 Å². The minimum atomic E-state index is -4.72. The molecule has 0 saturated heterocycles. The van der Waals surface area contributed by atoms with Crippen LogP contribution in [0.5, 0.6) is 0 Å². The summed E-state index contributed by atoms with van der Waals surface area (Å²) in [5, 5.41) is 21.2. The van der Waals surface area contributed by atoms with Crippen molar-refractivity contribution >= 4 is 17.4 Å². The van der Waals surface area contributed by atoms with E-state index in [0.29, 0.717) is 0 Å². The number of aryl methyl sites for hydroxylation is 1. The molecule has 0 fully saturated rings. The number of hydrogen-bond acceptors (Lipinski definition) is 5.